The predicted octanol–water partition coefficient (Wildman–Crippen LogP) is 3.68. The Hall–Kier alpha value is -2.88. The van der Waals surface area contributed by atoms with Crippen molar-refractivity contribution in [3.8, 4) is 6.07 Å². The van der Waals surface area contributed by atoms with Gasteiger partial charge in [-0.05, 0) is 24.8 Å². The molecule has 0 bridgehead atoms. The lowest BCUT2D eigenvalue weighted by Gasteiger charge is -2.21. The van der Waals surface area contributed by atoms with Crippen molar-refractivity contribution in [2.75, 3.05) is 12.4 Å². The van der Waals surface area contributed by atoms with E-state index in [9.17, 15) is 5.26 Å². The van der Waals surface area contributed by atoms with Gasteiger partial charge >= 0.3 is 0 Å². The van der Waals surface area contributed by atoms with E-state index in [0.29, 0.717) is 18.2 Å². The molecule has 7 heteroatoms. The lowest BCUT2D eigenvalue weighted by Crippen LogP contribution is -2.17. The highest BCUT2D eigenvalue weighted by molar-refractivity contribution is 5.66. The van der Waals surface area contributed by atoms with Gasteiger partial charge in [0.2, 0.25) is 0 Å². The minimum Gasteiger partial charge on any atom is -0.504 e. The fourth-order valence-corrected chi connectivity index (χ4v) is 3.34. The smallest absolute Gasteiger partial charge is 0.141 e. The molecule has 1 N–H and O–H groups in total. The van der Waals surface area contributed by atoms with Crippen LogP contribution in [0, 0.1) is 17.2 Å². The van der Waals surface area contributed by atoms with Gasteiger partial charge in [-0.15, -0.1) is 0 Å². The zero-order valence-electron chi connectivity index (χ0n) is 14.3. The number of nitrogens with one attached hydrogen (secondary N) is 1. The molecule has 0 saturated heterocycles. The fourth-order valence-electron chi connectivity index (χ4n) is 3.34. The van der Waals surface area contributed by atoms with Crippen molar-refractivity contribution in [2.24, 2.45) is 5.92 Å². The number of ether oxygens (including phenoxy) is 1. The summed E-state index contributed by atoms with van der Waals surface area (Å²) < 4.78 is 6.88. The first kappa shape index (κ1) is 17.0. The summed E-state index contributed by atoms with van der Waals surface area (Å²) in [5.74, 6) is 1.21. The van der Waals surface area contributed by atoms with E-state index >= 15 is 0 Å². The second-order valence-electron chi connectivity index (χ2n) is 6.17. The number of hydrogen-bond acceptors (Lipinski definition) is 6. The van der Waals surface area contributed by atoms with Crippen LogP contribution in [0.1, 0.15) is 43.7 Å². The van der Waals surface area contributed by atoms with Crippen molar-refractivity contribution < 1.29 is 4.74 Å². The molecule has 1 aliphatic carbocycles. The third-order valence-corrected chi connectivity index (χ3v) is 4.57. The van der Waals surface area contributed by atoms with Crippen LogP contribution in [0.3, 0.4) is 0 Å². The van der Waals surface area contributed by atoms with Crippen LogP contribution in [0.5, 0.6) is 0 Å². The van der Waals surface area contributed by atoms with Crippen molar-refractivity contribution in [1.82, 2.24) is 19.7 Å². The number of hydrogen-bond donors (Lipinski definition) is 1. The Morgan fingerprint density at radius 3 is 3.04 bits per heavy atom. The van der Waals surface area contributed by atoms with E-state index in [1.165, 1.54) is 32.0 Å². The molecule has 1 aliphatic rings. The molecule has 7 nitrogen and oxygen atoms in total. The van der Waals surface area contributed by atoms with E-state index in [0.717, 1.165) is 11.3 Å². The first-order valence-corrected chi connectivity index (χ1v) is 8.49. The Balaban J connectivity index is 1.77. The van der Waals surface area contributed by atoms with Crippen molar-refractivity contribution in [1.29, 1.82) is 5.26 Å². The molecule has 2 aromatic rings. The zero-order chi connectivity index (χ0) is 17.5. The minimum atomic E-state index is 0.140. The van der Waals surface area contributed by atoms with Gasteiger partial charge in [-0.1, -0.05) is 12.8 Å². The van der Waals surface area contributed by atoms with Crippen molar-refractivity contribution in [2.45, 2.75) is 38.1 Å². The summed E-state index contributed by atoms with van der Waals surface area (Å²) in [5, 5.41) is 16.9. The molecule has 1 atom stereocenters. The lowest BCUT2D eigenvalue weighted by molar-refractivity contribution is 0.315. The highest BCUT2D eigenvalue weighted by atomic mass is 16.5. The third-order valence-electron chi connectivity index (χ3n) is 4.57. The van der Waals surface area contributed by atoms with Gasteiger partial charge in [-0.25, -0.2) is 9.97 Å². The maximum absolute atomic E-state index is 9.18. The fraction of sp³-hybridized carbons (Fsp3) is 0.444. The normalized spacial score (nSPS) is 16.0. The minimum absolute atomic E-state index is 0.140. The number of aromatic nitrogens is 4. The summed E-state index contributed by atoms with van der Waals surface area (Å²) in [5.41, 5.74) is 1.66. The van der Waals surface area contributed by atoms with Crippen LogP contribution in [0.4, 0.5) is 11.5 Å². The Morgan fingerprint density at radius 2 is 2.28 bits per heavy atom. The molecule has 0 spiro atoms. The molecular weight excluding hydrogens is 316 g/mol. The van der Waals surface area contributed by atoms with Gasteiger partial charge in [0.15, 0.2) is 0 Å². The van der Waals surface area contributed by atoms with Gasteiger partial charge < -0.3 is 10.1 Å². The Labute approximate surface area is 147 Å². The number of methoxy groups -OCH3 is 1. The Morgan fingerprint density at radius 1 is 1.44 bits per heavy atom. The summed E-state index contributed by atoms with van der Waals surface area (Å²) >= 11 is 0. The number of rotatable bonds is 7. The molecule has 2 aromatic heterocycles. The average Bonchev–Trinajstić information content (AvgIpc) is 3.31. The summed E-state index contributed by atoms with van der Waals surface area (Å²) in [6.45, 7) is 0. The first-order chi connectivity index (χ1) is 12.3. The molecule has 0 unspecified atom stereocenters. The number of anilines is 2. The maximum atomic E-state index is 9.18. The summed E-state index contributed by atoms with van der Waals surface area (Å²) in [6.07, 6.45) is 15.6. The SMILES string of the molecule is COC=Cc1cncnc1Nc1cnn([C@H](CC#N)C2CCCC2)c1. The van der Waals surface area contributed by atoms with E-state index in [4.69, 9.17) is 4.74 Å². The van der Waals surface area contributed by atoms with Gasteiger partial charge in [0.25, 0.3) is 0 Å². The molecule has 3 rings (SSSR count). The molecule has 1 fully saturated rings. The van der Waals surface area contributed by atoms with Crippen LogP contribution >= 0.6 is 0 Å². The van der Waals surface area contributed by atoms with Crippen molar-refractivity contribution >= 4 is 17.6 Å². The van der Waals surface area contributed by atoms with Crippen LogP contribution in [0.15, 0.2) is 31.2 Å². The first-order valence-electron chi connectivity index (χ1n) is 8.49. The van der Waals surface area contributed by atoms with Gasteiger partial charge in [0.05, 0.1) is 43.8 Å². The molecule has 2 heterocycles. The van der Waals surface area contributed by atoms with E-state index < -0.39 is 0 Å². The van der Waals surface area contributed by atoms with E-state index in [1.807, 2.05) is 10.9 Å². The predicted molar refractivity (Wildman–Crippen MR) is 94.8 cm³/mol. The van der Waals surface area contributed by atoms with Gasteiger partial charge in [-0.2, -0.15) is 10.4 Å². The van der Waals surface area contributed by atoms with Gasteiger partial charge in [0, 0.05) is 18.0 Å². The molecule has 0 aromatic carbocycles. The zero-order valence-corrected chi connectivity index (χ0v) is 14.3. The van der Waals surface area contributed by atoms with Crippen molar-refractivity contribution in [3.05, 3.63) is 36.7 Å². The van der Waals surface area contributed by atoms with Crippen LogP contribution < -0.4 is 5.32 Å². The molecule has 0 radical (unpaired) electrons. The quantitative estimate of drug-likeness (QED) is 0.775. The topological polar surface area (TPSA) is 88.7 Å². The van der Waals surface area contributed by atoms with Crippen LogP contribution in [-0.2, 0) is 4.74 Å². The van der Waals surface area contributed by atoms with Crippen LogP contribution in [-0.4, -0.2) is 26.9 Å². The summed E-state index contributed by atoms with van der Waals surface area (Å²) in [4.78, 5) is 8.31. The molecule has 1 saturated carbocycles. The van der Waals surface area contributed by atoms with Crippen LogP contribution in [0.2, 0.25) is 0 Å². The van der Waals surface area contributed by atoms with Gasteiger partial charge in [0.1, 0.15) is 12.1 Å². The third kappa shape index (κ3) is 4.15. The molecule has 0 aliphatic heterocycles. The summed E-state index contributed by atoms with van der Waals surface area (Å²) in [6, 6.07) is 2.45. The monoisotopic (exact) mass is 338 g/mol. The Kier molecular flexibility index (Phi) is 5.62. The molecule has 130 valence electrons. The standard InChI is InChI=1S/C18H22N6O/c1-25-9-7-15-10-20-13-21-18(15)23-16-11-22-24(12-16)17(6-8-19)14-4-2-3-5-14/h7,9-14,17H,2-6H2,1H3,(H,20,21,23)/t17-/m1/s1. The largest absolute Gasteiger partial charge is 0.504 e. The summed E-state index contributed by atoms with van der Waals surface area (Å²) in [7, 11) is 1.59. The molecule has 25 heavy (non-hydrogen) atoms. The van der Waals surface area contributed by atoms with Crippen molar-refractivity contribution in [3.63, 3.8) is 0 Å². The lowest BCUT2D eigenvalue weighted by atomic mass is 9.96. The van der Waals surface area contributed by atoms with Gasteiger partial charge in [-0.3, -0.25) is 4.68 Å². The highest BCUT2D eigenvalue weighted by Gasteiger charge is 2.27. The molecule has 0 amide bonds. The average molecular weight is 338 g/mol. The second-order valence-corrected chi connectivity index (χ2v) is 6.17. The molecular formula is C18H22N6O. The van der Waals surface area contributed by atoms with E-state index in [-0.39, 0.29) is 6.04 Å². The van der Waals surface area contributed by atoms with E-state index in [2.05, 4.69) is 26.5 Å². The number of nitriles is 1. The highest BCUT2D eigenvalue weighted by Crippen LogP contribution is 2.36. The Bertz CT molecular complexity index is 757. The van der Waals surface area contributed by atoms with Crippen LogP contribution in [0.25, 0.3) is 6.08 Å². The maximum Gasteiger partial charge on any atom is 0.141 e. The van der Waals surface area contributed by atoms with E-state index in [1.54, 1.807) is 31.8 Å². The number of nitrogens with zero attached hydrogens (tertiary/aromatic N) is 5. The second kappa shape index (κ2) is 8.29.